The summed E-state index contributed by atoms with van der Waals surface area (Å²) in [5.74, 6) is 0.568. The first-order chi connectivity index (χ1) is 8.11. The predicted octanol–water partition coefficient (Wildman–Crippen LogP) is 3.58. The Morgan fingerprint density at radius 2 is 2.06 bits per heavy atom. The molecule has 0 saturated carbocycles. The highest BCUT2D eigenvalue weighted by Crippen LogP contribution is 2.13. The van der Waals surface area contributed by atoms with Crippen molar-refractivity contribution in [3.8, 4) is 0 Å². The molecule has 0 spiro atoms. The van der Waals surface area contributed by atoms with Gasteiger partial charge in [0.1, 0.15) is 5.84 Å². The predicted molar refractivity (Wildman–Crippen MR) is 78.8 cm³/mol. The molecule has 0 radical (unpaired) electrons. The van der Waals surface area contributed by atoms with Gasteiger partial charge in [-0.25, -0.2) is 4.99 Å². The molecular formula is C12H16ClN3S. The van der Waals surface area contributed by atoms with Gasteiger partial charge in [-0.05, 0) is 42.9 Å². The molecule has 3 nitrogen and oxygen atoms in total. The van der Waals surface area contributed by atoms with E-state index in [9.17, 15) is 0 Å². The molecule has 5 heteroatoms. The molecule has 0 aliphatic carbocycles. The number of benzene rings is 1. The standard InChI is InChI=1S/C12H16ClN3S/c1-2-3-4-11(14)16-12(17)15-10-7-5-9(13)6-8-10/h5-8H,2-4H2,1H3,(H3,14,15,16,17). The lowest BCUT2D eigenvalue weighted by molar-refractivity contribution is 0.832. The van der Waals surface area contributed by atoms with Crippen molar-refractivity contribution in [2.45, 2.75) is 26.2 Å². The summed E-state index contributed by atoms with van der Waals surface area (Å²) in [6.45, 7) is 2.11. The maximum absolute atomic E-state index is 5.78. The van der Waals surface area contributed by atoms with Gasteiger partial charge in [0.25, 0.3) is 0 Å². The molecule has 0 unspecified atom stereocenters. The third-order valence-electron chi connectivity index (χ3n) is 2.13. The number of amidine groups is 1. The zero-order valence-electron chi connectivity index (χ0n) is 9.74. The van der Waals surface area contributed by atoms with E-state index in [0.717, 1.165) is 24.9 Å². The molecule has 0 amide bonds. The van der Waals surface area contributed by atoms with Crippen LogP contribution in [0.15, 0.2) is 29.3 Å². The number of hydrogen-bond acceptors (Lipinski definition) is 1. The van der Waals surface area contributed by atoms with Crippen molar-refractivity contribution >= 4 is 40.5 Å². The Bertz CT molecular complexity index is 401. The molecule has 1 aromatic rings. The van der Waals surface area contributed by atoms with Crippen LogP contribution < -0.4 is 11.1 Å². The maximum atomic E-state index is 5.78. The second kappa shape index (κ2) is 7.25. The van der Waals surface area contributed by atoms with E-state index < -0.39 is 0 Å². The minimum absolute atomic E-state index is 0.376. The Morgan fingerprint density at radius 1 is 1.41 bits per heavy atom. The van der Waals surface area contributed by atoms with Gasteiger partial charge in [-0.3, -0.25) is 0 Å². The smallest absolute Gasteiger partial charge is 0.198 e. The molecule has 0 bridgehead atoms. The fourth-order valence-electron chi connectivity index (χ4n) is 1.23. The van der Waals surface area contributed by atoms with Crippen molar-refractivity contribution in [1.82, 2.24) is 0 Å². The van der Waals surface area contributed by atoms with Crippen LogP contribution in [-0.4, -0.2) is 10.9 Å². The van der Waals surface area contributed by atoms with Gasteiger partial charge in [0, 0.05) is 17.1 Å². The van der Waals surface area contributed by atoms with Crippen LogP contribution in [0.5, 0.6) is 0 Å². The van der Waals surface area contributed by atoms with Crippen LogP contribution in [-0.2, 0) is 0 Å². The fourth-order valence-corrected chi connectivity index (χ4v) is 1.59. The van der Waals surface area contributed by atoms with Gasteiger partial charge in [-0.1, -0.05) is 24.9 Å². The number of unbranched alkanes of at least 4 members (excludes halogenated alkanes) is 1. The fraction of sp³-hybridized carbons (Fsp3) is 0.333. The summed E-state index contributed by atoms with van der Waals surface area (Å²) in [6.07, 6.45) is 2.89. The maximum Gasteiger partial charge on any atom is 0.198 e. The lowest BCUT2D eigenvalue weighted by Crippen LogP contribution is -2.16. The van der Waals surface area contributed by atoms with Gasteiger partial charge >= 0.3 is 0 Å². The first kappa shape index (κ1) is 13.9. The number of anilines is 1. The summed E-state index contributed by atoms with van der Waals surface area (Å²) in [7, 11) is 0. The number of thiocarbonyl (C=S) groups is 1. The minimum atomic E-state index is 0.376. The second-order valence-corrected chi connectivity index (χ2v) is 4.47. The number of halogens is 1. The molecule has 3 N–H and O–H groups in total. The lowest BCUT2D eigenvalue weighted by atomic mass is 10.2. The minimum Gasteiger partial charge on any atom is -0.387 e. The van der Waals surface area contributed by atoms with E-state index in [4.69, 9.17) is 29.6 Å². The van der Waals surface area contributed by atoms with Crippen LogP contribution in [0.4, 0.5) is 5.69 Å². The molecule has 1 aromatic carbocycles. The van der Waals surface area contributed by atoms with Gasteiger partial charge < -0.3 is 11.1 Å². The van der Waals surface area contributed by atoms with E-state index in [1.165, 1.54) is 0 Å². The molecule has 0 aromatic heterocycles. The van der Waals surface area contributed by atoms with Crippen molar-refractivity contribution in [3.63, 3.8) is 0 Å². The number of nitrogens with two attached hydrogens (primary N) is 1. The van der Waals surface area contributed by atoms with Crippen LogP contribution in [0.3, 0.4) is 0 Å². The van der Waals surface area contributed by atoms with Crippen LogP contribution in [0.2, 0.25) is 5.02 Å². The highest BCUT2D eigenvalue weighted by atomic mass is 35.5. The second-order valence-electron chi connectivity index (χ2n) is 3.64. The summed E-state index contributed by atoms with van der Waals surface area (Å²) in [6, 6.07) is 7.26. The van der Waals surface area contributed by atoms with Crippen LogP contribution in [0.1, 0.15) is 26.2 Å². The molecule has 0 fully saturated rings. The van der Waals surface area contributed by atoms with E-state index in [1.54, 1.807) is 12.1 Å². The van der Waals surface area contributed by atoms with Crippen molar-refractivity contribution in [2.24, 2.45) is 10.7 Å². The Kier molecular flexibility index (Phi) is 5.94. The zero-order valence-corrected chi connectivity index (χ0v) is 11.3. The zero-order chi connectivity index (χ0) is 12.7. The SMILES string of the molecule is CCCCC(N)=NC(=S)Nc1ccc(Cl)cc1. The summed E-state index contributed by atoms with van der Waals surface area (Å²) >= 11 is 10.9. The molecule has 0 atom stereocenters. The Balaban J connectivity index is 2.51. The third-order valence-corrected chi connectivity index (χ3v) is 2.57. The first-order valence-electron chi connectivity index (χ1n) is 5.51. The number of aliphatic imine (C=N–C) groups is 1. The Labute approximate surface area is 112 Å². The van der Waals surface area contributed by atoms with Crippen LogP contribution in [0.25, 0.3) is 0 Å². The van der Waals surface area contributed by atoms with Crippen LogP contribution in [0, 0.1) is 0 Å². The molecule has 0 saturated heterocycles. The lowest BCUT2D eigenvalue weighted by Gasteiger charge is -2.05. The highest BCUT2D eigenvalue weighted by molar-refractivity contribution is 7.80. The highest BCUT2D eigenvalue weighted by Gasteiger charge is 1.98. The number of nitrogens with zero attached hydrogens (tertiary/aromatic N) is 1. The molecular weight excluding hydrogens is 254 g/mol. The van der Waals surface area contributed by atoms with E-state index >= 15 is 0 Å². The van der Waals surface area contributed by atoms with Crippen molar-refractivity contribution < 1.29 is 0 Å². The van der Waals surface area contributed by atoms with E-state index in [2.05, 4.69) is 17.2 Å². The summed E-state index contributed by atoms with van der Waals surface area (Å²) in [4.78, 5) is 4.11. The van der Waals surface area contributed by atoms with Gasteiger partial charge in [0.2, 0.25) is 0 Å². The Hall–Kier alpha value is -1.13. The Morgan fingerprint density at radius 3 is 2.65 bits per heavy atom. The van der Waals surface area contributed by atoms with Gasteiger partial charge in [0.05, 0.1) is 0 Å². The number of hydrogen-bond donors (Lipinski definition) is 2. The molecule has 0 aliphatic heterocycles. The van der Waals surface area contributed by atoms with Gasteiger partial charge in [-0.2, -0.15) is 0 Å². The van der Waals surface area contributed by atoms with E-state index in [-0.39, 0.29) is 0 Å². The molecule has 0 aliphatic rings. The summed E-state index contributed by atoms with van der Waals surface area (Å²) in [5.41, 5.74) is 6.59. The molecule has 92 valence electrons. The molecule has 17 heavy (non-hydrogen) atoms. The van der Waals surface area contributed by atoms with Crippen molar-refractivity contribution in [2.75, 3.05) is 5.32 Å². The molecule has 0 heterocycles. The third kappa shape index (κ3) is 5.65. The van der Waals surface area contributed by atoms with Crippen molar-refractivity contribution in [1.29, 1.82) is 0 Å². The monoisotopic (exact) mass is 269 g/mol. The van der Waals surface area contributed by atoms with Crippen molar-refractivity contribution in [3.05, 3.63) is 29.3 Å². The molecule has 1 rings (SSSR count). The largest absolute Gasteiger partial charge is 0.387 e. The summed E-state index contributed by atoms with van der Waals surface area (Å²) < 4.78 is 0. The normalized spacial score (nSPS) is 11.3. The average molecular weight is 270 g/mol. The van der Waals surface area contributed by atoms with E-state index in [0.29, 0.717) is 16.0 Å². The van der Waals surface area contributed by atoms with Crippen LogP contribution >= 0.6 is 23.8 Å². The topological polar surface area (TPSA) is 50.4 Å². The van der Waals surface area contributed by atoms with Gasteiger partial charge in [-0.15, -0.1) is 0 Å². The number of rotatable bonds is 4. The quantitative estimate of drug-likeness (QED) is 0.499. The first-order valence-corrected chi connectivity index (χ1v) is 6.30. The average Bonchev–Trinajstić information content (AvgIpc) is 2.29. The summed E-state index contributed by atoms with van der Waals surface area (Å²) in [5, 5.41) is 4.05. The van der Waals surface area contributed by atoms with Gasteiger partial charge in [0.15, 0.2) is 5.11 Å². The number of nitrogens with one attached hydrogen (secondary N) is 1. The van der Waals surface area contributed by atoms with E-state index in [1.807, 2.05) is 12.1 Å².